The Bertz CT molecular complexity index is 2140. The van der Waals surface area contributed by atoms with Crippen LogP contribution in [-0.4, -0.2) is 11.6 Å². The summed E-state index contributed by atoms with van der Waals surface area (Å²) in [6.07, 6.45) is 0. The van der Waals surface area contributed by atoms with E-state index in [0.29, 0.717) is 0 Å². The minimum Gasteiger partial charge on any atom is -0.344 e. The summed E-state index contributed by atoms with van der Waals surface area (Å²) in [6.45, 7) is 4.74. The first kappa shape index (κ1) is 26.3. The third-order valence-corrected chi connectivity index (χ3v) is 9.40. The molecule has 1 aromatic heterocycles. The van der Waals surface area contributed by atoms with Crippen LogP contribution in [0.1, 0.15) is 25.0 Å². The molecule has 8 rings (SSSR count). The molecule has 0 radical (unpaired) electrons. The van der Waals surface area contributed by atoms with Gasteiger partial charge in [0.05, 0.1) is 11.2 Å². The van der Waals surface area contributed by atoms with Crippen molar-refractivity contribution in [1.82, 2.24) is 4.57 Å². The van der Waals surface area contributed by atoms with Crippen LogP contribution in [0.3, 0.4) is 0 Å². The highest BCUT2D eigenvalue weighted by Crippen LogP contribution is 2.54. The molecule has 0 fully saturated rings. The first-order valence-electron chi connectivity index (χ1n) is 15.4. The zero-order valence-electron chi connectivity index (χ0n) is 25.3. The van der Waals surface area contributed by atoms with Crippen LogP contribution in [0.15, 0.2) is 152 Å². The average Bonchev–Trinajstić information content (AvgIpc) is 3.55. The molecule has 2 nitrogen and oxygen atoms in total. The Morgan fingerprint density at radius 3 is 1.91 bits per heavy atom. The molecule has 0 saturated carbocycles. The molecule has 1 aliphatic rings. The van der Waals surface area contributed by atoms with Crippen LogP contribution in [0, 0.1) is 0 Å². The molecule has 0 atom stereocenters. The van der Waals surface area contributed by atoms with Crippen molar-refractivity contribution in [1.29, 1.82) is 0 Å². The van der Waals surface area contributed by atoms with E-state index in [-0.39, 0.29) is 5.41 Å². The van der Waals surface area contributed by atoms with Crippen LogP contribution in [0.4, 0.5) is 11.4 Å². The Balaban J connectivity index is 1.22. The Hall–Kier alpha value is -5.34. The fourth-order valence-electron chi connectivity index (χ4n) is 7.22. The molecular formula is C42H34N2. The Labute approximate surface area is 259 Å². The van der Waals surface area contributed by atoms with Gasteiger partial charge in [0.15, 0.2) is 0 Å². The summed E-state index contributed by atoms with van der Waals surface area (Å²) in [5.41, 5.74) is 15.0. The van der Waals surface area contributed by atoms with Crippen molar-refractivity contribution >= 4 is 22.3 Å². The number of nitrogens with zero attached hydrogens (tertiary/aromatic N) is 2. The van der Waals surface area contributed by atoms with Gasteiger partial charge in [-0.1, -0.05) is 123 Å². The van der Waals surface area contributed by atoms with Gasteiger partial charge in [-0.15, -0.1) is 0 Å². The first-order chi connectivity index (χ1) is 21.5. The highest BCUT2D eigenvalue weighted by molar-refractivity contribution is 6.01. The quantitative estimate of drug-likeness (QED) is 0.201. The van der Waals surface area contributed by atoms with E-state index < -0.39 is 0 Å². The largest absolute Gasteiger partial charge is 0.344 e. The van der Waals surface area contributed by atoms with Crippen LogP contribution in [0.5, 0.6) is 0 Å². The van der Waals surface area contributed by atoms with E-state index in [4.69, 9.17) is 0 Å². The maximum Gasteiger partial charge on any atom is 0.0584 e. The molecule has 212 valence electrons. The lowest BCUT2D eigenvalue weighted by atomic mass is 9.81. The van der Waals surface area contributed by atoms with Gasteiger partial charge in [-0.05, 0) is 70.3 Å². The van der Waals surface area contributed by atoms with E-state index in [1.165, 1.54) is 66.9 Å². The van der Waals surface area contributed by atoms with Crippen molar-refractivity contribution in [3.8, 4) is 39.2 Å². The van der Waals surface area contributed by atoms with Crippen LogP contribution in [-0.2, 0) is 5.41 Å². The lowest BCUT2D eigenvalue weighted by molar-refractivity contribution is 0.666. The first-order valence-corrected chi connectivity index (χ1v) is 15.4. The smallest absolute Gasteiger partial charge is 0.0584 e. The number of rotatable bonds is 5. The number of benzene rings is 6. The molecule has 0 aliphatic heterocycles. The molecule has 0 saturated heterocycles. The van der Waals surface area contributed by atoms with Crippen molar-refractivity contribution in [3.63, 3.8) is 0 Å². The molecule has 6 aromatic carbocycles. The Morgan fingerprint density at radius 1 is 0.545 bits per heavy atom. The zero-order valence-corrected chi connectivity index (χ0v) is 25.3. The van der Waals surface area contributed by atoms with E-state index >= 15 is 0 Å². The lowest BCUT2D eigenvalue weighted by Crippen LogP contribution is -2.14. The molecule has 0 unspecified atom stereocenters. The number of para-hydroxylation sites is 2. The molecule has 1 aliphatic carbocycles. The number of fused-ring (bicyclic) bond motifs is 5. The van der Waals surface area contributed by atoms with Gasteiger partial charge in [-0.25, -0.2) is 0 Å². The molecule has 2 heteroatoms. The van der Waals surface area contributed by atoms with E-state index in [2.05, 4.69) is 182 Å². The van der Waals surface area contributed by atoms with Crippen LogP contribution < -0.4 is 4.90 Å². The van der Waals surface area contributed by atoms with E-state index in [1.54, 1.807) is 0 Å². The van der Waals surface area contributed by atoms with Crippen molar-refractivity contribution in [3.05, 3.63) is 163 Å². The van der Waals surface area contributed by atoms with Crippen molar-refractivity contribution in [2.24, 2.45) is 0 Å². The predicted octanol–water partition coefficient (Wildman–Crippen LogP) is 11.0. The van der Waals surface area contributed by atoms with Crippen molar-refractivity contribution < 1.29 is 0 Å². The summed E-state index contributed by atoms with van der Waals surface area (Å²) in [7, 11) is 2.15. The van der Waals surface area contributed by atoms with Crippen molar-refractivity contribution in [2.45, 2.75) is 19.3 Å². The minimum atomic E-state index is -0.0957. The highest BCUT2D eigenvalue weighted by Gasteiger charge is 2.40. The van der Waals surface area contributed by atoms with Gasteiger partial charge in [0.25, 0.3) is 0 Å². The normalized spacial score (nSPS) is 13.1. The fourth-order valence-corrected chi connectivity index (χ4v) is 7.22. The summed E-state index contributed by atoms with van der Waals surface area (Å²) in [4.78, 5) is 2.28. The maximum atomic E-state index is 2.46. The van der Waals surface area contributed by atoms with Crippen LogP contribution in [0.25, 0.3) is 50.1 Å². The molecule has 0 spiro atoms. The highest BCUT2D eigenvalue weighted by atomic mass is 15.1. The second-order valence-corrected chi connectivity index (χ2v) is 12.3. The van der Waals surface area contributed by atoms with E-state index in [0.717, 1.165) is 5.69 Å². The molecule has 1 heterocycles. The molecule has 7 aromatic rings. The van der Waals surface area contributed by atoms with Gasteiger partial charge in [0.2, 0.25) is 0 Å². The van der Waals surface area contributed by atoms with Gasteiger partial charge in [0, 0.05) is 46.0 Å². The monoisotopic (exact) mass is 566 g/mol. The molecular weight excluding hydrogens is 532 g/mol. The summed E-state index contributed by atoms with van der Waals surface area (Å²) in [6, 6.07) is 54.9. The van der Waals surface area contributed by atoms with Crippen LogP contribution in [0.2, 0.25) is 0 Å². The summed E-state index contributed by atoms with van der Waals surface area (Å²) < 4.78 is 2.46. The van der Waals surface area contributed by atoms with Crippen molar-refractivity contribution in [2.75, 3.05) is 11.9 Å². The van der Waals surface area contributed by atoms with Gasteiger partial charge >= 0.3 is 0 Å². The van der Waals surface area contributed by atoms with E-state index in [9.17, 15) is 0 Å². The Morgan fingerprint density at radius 2 is 1.16 bits per heavy atom. The second-order valence-electron chi connectivity index (χ2n) is 12.3. The molecule has 0 bridgehead atoms. The number of aromatic nitrogens is 1. The minimum absolute atomic E-state index is 0.0957. The number of anilines is 2. The van der Waals surface area contributed by atoms with Gasteiger partial charge < -0.3 is 9.47 Å². The van der Waals surface area contributed by atoms with E-state index in [1.807, 2.05) is 0 Å². The third-order valence-electron chi connectivity index (χ3n) is 9.40. The van der Waals surface area contributed by atoms with Gasteiger partial charge in [-0.2, -0.15) is 0 Å². The summed E-state index contributed by atoms with van der Waals surface area (Å²) >= 11 is 0. The van der Waals surface area contributed by atoms with Crippen LogP contribution >= 0.6 is 0 Å². The van der Waals surface area contributed by atoms with Gasteiger partial charge in [-0.3, -0.25) is 0 Å². The fraction of sp³-hybridized carbons (Fsp3) is 0.0952. The third kappa shape index (κ3) is 4.02. The zero-order chi connectivity index (χ0) is 29.8. The predicted molar refractivity (Wildman–Crippen MR) is 186 cm³/mol. The molecule has 0 amide bonds. The maximum absolute atomic E-state index is 2.46. The van der Waals surface area contributed by atoms with Gasteiger partial charge in [0.1, 0.15) is 0 Å². The Kier molecular flexibility index (Phi) is 6.06. The second kappa shape index (κ2) is 10.1. The summed E-state index contributed by atoms with van der Waals surface area (Å²) in [5.74, 6) is 0. The topological polar surface area (TPSA) is 8.17 Å². The number of hydrogen-bond donors (Lipinski definition) is 0. The number of hydrogen-bond acceptors (Lipinski definition) is 1. The molecule has 44 heavy (non-hydrogen) atoms. The standard InChI is InChI=1S/C42H34N2/c1-42(2)37-20-12-10-19-35(37)41-40(42)36-28-31(24-27-39(36)44(41)33-16-8-5-9-17-33)29-22-25-32(26-23-29)43(3)38-21-13-11-18-34(38)30-14-6-4-7-15-30/h4-28H,1-3H3. The molecule has 0 N–H and O–H groups in total. The lowest BCUT2D eigenvalue weighted by Gasteiger charge is -2.23. The summed E-state index contributed by atoms with van der Waals surface area (Å²) in [5, 5.41) is 1.32. The SMILES string of the molecule is CN(c1ccc(-c2ccc3c(c2)c2c(n3-c3ccccc3)-c3ccccc3C2(C)C)cc1)c1ccccc1-c1ccccc1. The average molecular weight is 567 g/mol.